The molecule has 0 radical (unpaired) electrons. The lowest BCUT2D eigenvalue weighted by molar-refractivity contribution is 1.18. The van der Waals surface area contributed by atoms with Gasteiger partial charge in [0.1, 0.15) is 0 Å². The van der Waals surface area contributed by atoms with E-state index in [0.29, 0.717) is 0 Å². The minimum Gasteiger partial charge on any atom is -0.311 e. The molecule has 3 nitrogen and oxygen atoms in total. The molecule has 0 unspecified atom stereocenters. The predicted octanol–water partition coefficient (Wildman–Crippen LogP) is 16.2. The zero-order chi connectivity index (χ0) is 47.3. The molecule has 4 heteroatoms. The van der Waals surface area contributed by atoms with Crippen molar-refractivity contribution in [2.45, 2.75) is 0 Å². The molecule has 0 fully saturated rings. The largest absolute Gasteiger partial charge is 0.311 e. The lowest BCUT2D eigenvalue weighted by atomic mass is 9.33. The van der Waals surface area contributed by atoms with Crippen molar-refractivity contribution >= 4 is 101 Å². The fourth-order valence-electron chi connectivity index (χ4n) is 12.0. The molecule has 1 aromatic heterocycles. The molecule has 15 rings (SSSR count). The van der Waals surface area contributed by atoms with Crippen LogP contribution in [0.3, 0.4) is 0 Å². The molecule has 0 aliphatic carbocycles. The Morgan fingerprint density at radius 2 is 0.667 bits per heavy atom. The summed E-state index contributed by atoms with van der Waals surface area (Å²) in [5, 5.41) is 7.38. The van der Waals surface area contributed by atoms with Gasteiger partial charge in [-0.05, 0) is 150 Å². The smallest absolute Gasteiger partial charge is 0.252 e. The van der Waals surface area contributed by atoms with E-state index in [2.05, 4.69) is 281 Å². The SMILES string of the molecule is c1ccc(-c2ccc(N3c4cc5ccccc5cc4B4c5cc6ccccc6cc5N(c5ccc(-c6ccccc6)cc5)c5cc(-c6ccc7c(c6)c6ccccc6n7-c6ccccc6)cc3c54)cc2)cc1. The number of aromatic nitrogens is 1. The Morgan fingerprint density at radius 1 is 0.250 bits per heavy atom. The molecule has 72 heavy (non-hydrogen) atoms. The van der Waals surface area contributed by atoms with Crippen LogP contribution in [0.25, 0.3) is 82.4 Å². The van der Waals surface area contributed by atoms with Gasteiger partial charge in [-0.3, -0.25) is 0 Å². The molecule has 12 aromatic carbocycles. The Balaban J connectivity index is 1.03. The first kappa shape index (κ1) is 40.5. The van der Waals surface area contributed by atoms with E-state index in [4.69, 9.17) is 0 Å². The lowest BCUT2D eigenvalue weighted by Crippen LogP contribution is -2.61. The molecule has 2 aliphatic heterocycles. The highest BCUT2D eigenvalue weighted by molar-refractivity contribution is 7.00. The van der Waals surface area contributed by atoms with Crippen molar-refractivity contribution in [3.63, 3.8) is 0 Å². The van der Waals surface area contributed by atoms with Crippen LogP contribution in [0.1, 0.15) is 0 Å². The number of fused-ring (bicyclic) bond motifs is 9. The Kier molecular flexibility index (Phi) is 9.06. The van der Waals surface area contributed by atoms with E-state index in [-0.39, 0.29) is 6.71 Å². The number of hydrogen-bond acceptors (Lipinski definition) is 2. The molecule has 0 saturated heterocycles. The molecule has 0 atom stereocenters. The maximum absolute atomic E-state index is 2.55. The van der Waals surface area contributed by atoms with Gasteiger partial charge in [-0.1, -0.05) is 188 Å². The maximum Gasteiger partial charge on any atom is 0.252 e. The highest BCUT2D eigenvalue weighted by Crippen LogP contribution is 2.48. The lowest BCUT2D eigenvalue weighted by Gasteiger charge is -2.44. The summed E-state index contributed by atoms with van der Waals surface area (Å²) in [7, 11) is 0. The Bertz CT molecular complexity index is 4060. The topological polar surface area (TPSA) is 11.4 Å². The monoisotopic (exact) mass is 913 g/mol. The van der Waals surface area contributed by atoms with Crippen LogP contribution in [0.2, 0.25) is 0 Å². The number of nitrogens with zero attached hydrogens (tertiary/aromatic N) is 3. The Morgan fingerprint density at radius 3 is 1.19 bits per heavy atom. The van der Waals surface area contributed by atoms with Crippen molar-refractivity contribution in [2.24, 2.45) is 0 Å². The summed E-state index contributed by atoms with van der Waals surface area (Å²) < 4.78 is 2.40. The number of para-hydroxylation sites is 2. The fourth-order valence-corrected chi connectivity index (χ4v) is 12.0. The van der Waals surface area contributed by atoms with Gasteiger partial charge in [-0.25, -0.2) is 0 Å². The summed E-state index contributed by atoms with van der Waals surface area (Å²) in [6.07, 6.45) is 0. The zero-order valence-electron chi connectivity index (χ0n) is 39.3. The zero-order valence-corrected chi connectivity index (χ0v) is 39.3. The molecule has 2 aliphatic rings. The van der Waals surface area contributed by atoms with Crippen LogP contribution in [-0.2, 0) is 0 Å². The number of rotatable bonds is 6. The second-order valence-corrected chi connectivity index (χ2v) is 19.3. The third-order valence-electron chi connectivity index (χ3n) is 15.3. The fraction of sp³-hybridized carbons (Fsp3) is 0. The van der Waals surface area contributed by atoms with Gasteiger partial charge >= 0.3 is 0 Å². The molecule has 0 spiro atoms. The van der Waals surface area contributed by atoms with E-state index >= 15 is 0 Å². The van der Waals surface area contributed by atoms with E-state index < -0.39 is 0 Å². The first-order chi connectivity index (χ1) is 35.7. The summed E-state index contributed by atoms with van der Waals surface area (Å²) in [5.41, 5.74) is 21.5. The molecule has 0 N–H and O–H groups in total. The molecule has 334 valence electrons. The summed E-state index contributed by atoms with van der Waals surface area (Å²) in [6, 6.07) is 98.9. The van der Waals surface area contributed by atoms with Crippen molar-refractivity contribution in [2.75, 3.05) is 9.80 Å². The second kappa shape index (κ2) is 16.1. The number of benzene rings is 12. The molecular formula is C68H44BN3. The number of hydrogen-bond donors (Lipinski definition) is 0. The predicted molar refractivity (Wildman–Crippen MR) is 306 cm³/mol. The van der Waals surface area contributed by atoms with Crippen LogP contribution in [0.15, 0.2) is 267 Å². The average Bonchev–Trinajstić information content (AvgIpc) is 3.78. The third kappa shape index (κ3) is 6.32. The van der Waals surface area contributed by atoms with Gasteiger partial charge in [-0.2, -0.15) is 0 Å². The molecule has 0 amide bonds. The van der Waals surface area contributed by atoms with Gasteiger partial charge in [0.25, 0.3) is 6.71 Å². The molecule has 3 heterocycles. The molecule has 0 saturated carbocycles. The van der Waals surface area contributed by atoms with Crippen LogP contribution in [0.4, 0.5) is 34.1 Å². The van der Waals surface area contributed by atoms with Crippen LogP contribution < -0.4 is 26.2 Å². The minimum atomic E-state index is -0.0470. The summed E-state index contributed by atoms with van der Waals surface area (Å²) in [6.45, 7) is -0.0470. The van der Waals surface area contributed by atoms with Gasteiger partial charge in [0.15, 0.2) is 0 Å². The van der Waals surface area contributed by atoms with Crippen LogP contribution in [0.5, 0.6) is 0 Å². The summed E-state index contributed by atoms with van der Waals surface area (Å²) >= 11 is 0. The van der Waals surface area contributed by atoms with Gasteiger partial charge in [-0.15, -0.1) is 0 Å². The van der Waals surface area contributed by atoms with Gasteiger partial charge in [0.05, 0.1) is 11.0 Å². The van der Waals surface area contributed by atoms with E-state index in [1.807, 2.05) is 0 Å². The van der Waals surface area contributed by atoms with Crippen molar-refractivity contribution in [3.05, 3.63) is 267 Å². The first-order valence-corrected chi connectivity index (χ1v) is 24.9. The van der Waals surface area contributed by atoms with Crippen LogP contribution in [0, 0.1) is 0 Å². The third-order valence-corrected chi connectivity index (χ3v) is 15.3. The van der Waals surface area contributed by atoms with Crippen molar-refractivity contribution in [3.8, 4) is 39.1 Å². The minimum absolute atomic E-state index is 0.0470. The highest BCUT2D eigenvalue weighted by Gasteiger charge is 2.44. The van der Waals surface area contributed by atoms with E-state index in [0.717, 1.165) is 22.6 Å². The molecule has 0 bridgehead atoms. The van der Waals surface area contributed by atoms with Crippen LogP contribution in [-0.4, -0.2) is 11.3 Å². The van der Waals surface area contributed by atoms with E-state index in [1.54, 1.807) is 0 Å². The second-order valence-electron chi connectivity index (χ2n) is 19.3. The number of anilines is 6. The standard InChI is InChI=1S/C68H44BN3/c1-4-16-45(17-5-1)47-28-33-56(34-29-47)71-64-41-51-22-12-10-20-49(51)39-60(64)69-61-40-50-21-11-13-23-52(50)42-65(61)72(57-35-30-48(31-36-57)46-18-6-2-7-19-46)67-44-54(43-66(71)68(67)69)53-32-37-63-59(38-53)58-26-14-15-27-62(58)70(63)55-24-8-3-9-25-55/h1-44H. The van der Waals surface area contributed by atoms with Crippen molar-refractivity contribution < 1.29 is 0 Å². The Hall–Kier alpha value is -9.38. The van der Waals surface area contributed by atoms with E-state index in [9.17, 15) is 0 Å². The summed E-state index contributed by atoms with van der Waals surface area (Å²) in [4.78, 5) is 5.11. The average molecular weight is 914 g/mol. The normalized spacial score (nSPS) is 12.6. The first-order valence-electron chi connectivity index (χ1n) is 24.9. The van der Waals surface area contributed by atoms with Crippen molar-refractivity contribution in [1.82, 2.24) is 4.57 Å². The molecule has 13 aromatic rings. The van der Waals surface area contributed by atoms with Gasteiger partial charge in [0.2, 0.25) is 0 Å². The van der Waals surface area contributed by atoms with Gasteiger partial charge in [0, 0.05) is 50.6 Å². The highest BCUT2D eigenvalue weighted by atomic mass is 15.2. The van der Waals surface area contributed by atoms with Crippen molar-refractivity contribution in [1.29, 1.82) is 0 Å². The summed E-state index contributed by atoms with van der Waals surface area (Å²) in [5.74, 6) is 0. The van der Waals surface area contributed by atoms with E-state index in [1.165, 1.54) is 110 Å². The molecular weight excluding hydrogens is 870 g/mol. The Labute approximate surface area is 418 Å². The quantitative estimate of drug-likeness (QED) is 0.154. The van der Waals surface area contributed by atoms with Crippen LogP contribution >= 0.6 is 0 Å². The maximum atomic E-state index is 2.55. The van der Waals surface area contributed by atoms with Gasteiger partial charge < -0.3 is 14.4 Å².